The van der Waals surface area contributed by atoms with Gasteiger partial charge in [0.15, 0.2) is 9.84 Å². The number of sulfone groups is 1. The number of carbonyl (C=O) groups is 1. The van der Waals surface area contributed by atoms with Crippen LogP contribution in [0.1, 0.15) is 16.1 Å². The van der Waals surface area contributed by atoms with Gasteiger partial charge in [0.1, 0.15) is 17.8 Å². The number of carboxylic acids is 1. The summed E-state index contributed by atoms with van der Waals surface area (Å²) in [6, 6.07) is 1.20. The Morgan fingerprint density at radius 1 is 1.62 bits per heavy atom. The molecule has 1 rings (SSSR count). The first-order valence-corrected chi connectivity index (χ1v) is 5.43. The van der Waals surface area contributed by atoms with Crippen LogP contribution >= 0.6 is 0 Å². The van der Waals surface area contributed by atoms with Gasteiger partial charge in [-0.1, -0.05) is 0 Å². The molecule has 0 fully saturated rings. The molecule has 1 N–H and O–H groups in total. The molecule has 0 radical (unpaired) electrons. The van der Waals surface area contributed by atoms with Crippen molar-refractivity contribution in [3.8, 4) is 0 Å². The standard InChI is InChI=1S/C7H8O5S/c1-13(10,11)4-6-2-5(3-12-6)7(8)9/h2-3H,4H2,1H3,(H,8,9). The fourth-order valence-corrected chi connectivity index (χ4v) is 1.50. The topological polar surface area (TPSA) is 84.6 Å². The zero-order valence-electron chi connectivity index (χ0n) is 6.85. The van der Waals surface area contributed by atoms with Crippen molar-refractivity contribution in [1.29, 1.82) is 0 Å². The van der Waals surface area contributed by atoms with E-state index in [4.69, 9.17) is 9.52 Å². The normalized spacial score (nSPS) is 11.5. The van der Waals surface area contributed by atoms with Gasteiger partial charge in [0.2, 0.25) is 0 Å². The highest BCUT2D eigenvalue weighted by Crippen LogP contribution is 2.10. The van der Waals surface area contributed by atoms with Crippen molar-refractivity contribution < 1.29 is 22.7 Å². The molecule has 0 saturated carbocycles. The monoisotopic (exact) mass is 204 g/mol. The third-order valence-corrected chi connectivity index (χ3v) is 2.11. The fourth-order valence-electron chi connectivity index (χ4n) is 0.827. The molecule has 72 valence electrons. The minimum Gasteiger partial charge on any atom is -0.478 e. The highest BCUT2D eigenvalue weighted by atomic mass is 32.2. The van der Waals surface area contributed by atoms with E-state index in [1.807, 2.05) is 0 Å². The van der Waals surface area contributed by atoms with Crippen LogP contribution in [-0.2, 0) is 15.6 Å². The minimum atomic E-state index is -3.18. The maximum absolute atomic E-state index is 10.8. The number of aromatic carboxylic acids is 1. The minimum absolute atomic E-state index is 0.0429. The summed E-state index contributed by atoms with van der Waals surface area (Å²) in [5, 5.41) is 8.49. The van der Waals surface area contributed by atoms with Crippen molar-refractivity contribution in [3.63, 3.8) is 0 Å². The molecule has 1 aromatic heterocycles. The summed E-state index contributed by atoms with van der Waals surface area (Å²) in [5.74, 6) is -1.27. The van der Waals surface area contributed by atoms with Crippen molar-refractivity contribution >= 4 is 15.8 Å². The Kier molecular flexibility index (Phi) is 2.42. The van der Waals surface area contributed by atoms with Crippen molar-refractivity contribution in [1.82, 2.24) is 0 Å². The van der Waals surface area contributed by atoms with Crippen molar-refractivity contribution in [2.45, 2.75) is 5.75 Å². The van der Waals surface area contributed by atoms with E-state index in [0.29, 0.717) is 0 Å². The van der Waals surface area contributed by atoms with Crippen LogP contribution in [0.25, 0.3) is 0 Å². The number of furan rings is 1. The maximum atomic E-state index is 10.8. The Morgan fingerprint density at radius 3 is 2.62 bits per heavy atom. The molecule has 13 heavy (non-hydrogen) atoms. The van der Waals surface area contributed by atoms with Crippen LogP contribution in [0.4, 0.5) is 0 Å². The Morgan fingerprint density at radius 2 is 2.23 bits per heavy atom. The molecule has 0 bridgehead atoms. The van der Waals surface area contributed by atoms with E-state index in [-0.39, 0.29) is 17.1 Å². The summed E-state index contributed by atoms with van der Waals surface area (Å²) in [6.45, 7) is 0. The predicted octanol–water partition coefficient (Wildman–Crippen LogP) is 0.522. The molecule has 1 aromatic rings. The SMILES string of the molecule is CS(=O)(=O)Cc1cc(C(=O)O)co1. The molecule has 0 spiro atoms. The van der Waals surface area contributed by atoms with Crippen LogP contribution in [0.3, 0.4) is 0 Å². The second kappa shape index (κ2) is 3.21. The van der Waals surface area contributed by atoms with Gasteiger partial charge in [-0.25, -0.2) is 13.2 Å². The quantitative estimate of drug-likeness (QED) is 0.775. The van der Waals surface area contributed by atoms with E-state index in [1.165, 1.54) is 6.07 Å². The van der Waals surface area contributed by atoms with E-state index in [0.717, 1.165) is 12.5 Å². The van der Waals surface area contributed by atoms with Gasteiger partial charge in [0.05, 0.1) is 5.56 Å². The third kappa shape index (κ3) is 2.90. The lowest BCUT2D eigenvalue weighted by atomic mass is 10.3. The summed E-state index contributed by atoms with van der Waals surface area (Å²) in [7, 11) is -3.18. The Hall–Kier alpha value is -1.30. The van der Waals surface area contributed by atoms with Crippen molar-refractivity contribution in [2.75, 3.05) is 6.26 Å². The summed E-state index contributed by atoms with van der Waals surface area (Å²) in [4.78, 5) is 10.4. The van der Waals surface area contributed by atoms with E-state index < -0.39 is 15.8 Å². The van der Waals surface area contributed by atoms with Crippen LogP contribution in [0, 0.1) is 0 Å². The lowest BCUT2D eigenvalue weighted by molar-refractivity contribution is 0.0696. The lowest BCUT2D eigenvalue weighted by Gasteiger charge is -1.90. The van der Waals surface area contributed by atoms with Crippen LogP contribution < -0.4 is 0 Å². The first kappa shape index (κ1) is 9.79. The zero-order valence-corrected chi connectivity index (χ0v) is 7.67. The molecule has 0 atom stereocenters. The van der Waals surface area contributed by atoms with E-state index in [9.17, 15) is 13.2 Å². The molecule has 0 aliphatic carbocycles. The van der Waals surface area contributed by atoms with Crippen LogP contribution in [0.15, 0.2) is 16.7 Å². The molecule has 0 unspecified atom stereocenters. The first-order valence-electron chi connectivity index (χ1n) is 3.37. The number of rotatable bonds is 3. The average molecular weight is 204 g/mol. The molecular formula is C7H8O5S. The van der Waals surface area contributed by atoms with E-state index in [1.54, 1.807) is 0 Å². The predicted molar refractivity (Wildman–Crippen MR) is 44.2 cm³/mol. The Labute approximate surface area is 74.9 Å². The second-order valence-corrected chi connectivity index (χ2v) is 4.82. The average Bonchev–Trinajstić information content (AvgIpc) is 2.31. The summed E-state index contributed by atoms with van der Waals surface area (Å²) < 4.78 is 26.3. The van der Waals surface area contributed by atoms with E-state index in [2.05, 4.69) is 0 Å². The molecular weight excluding hydrogens is 196 g/mol. The summed E-state index contributed by atoms with van der Waals surface area (Å²) in [5.41, 5.74) is -0.0429. The number of hydrogen-bond acceptors (Lipinski definition) is 4. The molecule has 5 nitrogen and oxygen atoms in total. The lowest BCUT2D eigenvalue weighted by Crippen LogP contribution is -1.99. The van der Waals surface area contributed by atoms with Gasteiger partial charge in [-0.15, -0.1) is 0 Å². The smallest absolute Gasteiger partial charge is 0.338 e. The zero-order chi connectivity index (χ0) is 10.1. The Bertz CT molecular complexity index is 414. The largest absolute Gasteiger partial charge is 0.478 e. The van der Waals surface area contributed by atoms with Gasteiger partial charge in [-0.3, -0.25) is 0 Å². The van der Waals surface area contributed by atoms with Gasteiger partial charge in [0.25, 0.3) is 0 Å². The van der Waals surface area contributed by atoms with Crippen LogP contribution in [0.5, 0.6) is 0 Å². The van der Waals surface area contributed by atoms with Crippen LogP contribution in [0.2, 0.25) is 0 Å². The van der Waals surface area contributed by atoms with Gasteiger partial charge < -0.3 is 9.52 Å². The summed E-state index contributed by atoms with van der Waals surface area (Å²) >= 11 is 0. The highest BCUT2D eigenvalue weighted by molar-refractivity contribution is 7.89. The van der Waals surface area contributed by atoms with Crippen molar-refractivity contribution in [3.05, 3.63) is 23.7 Å². The van der Waals surface area contributed by atoms with E-state index >= 15 is 0 Å². The molecule has 0 amide bonds. The third-order valence-electron chi connectivity index (χ3n) is 1.31. The number of hydrogen-bond donors (Lipinski definition) is 1. The molecule has 1 heterocycles. The van der Waals surface area contributed by atoms with Gasteiger partial charge in [0, 0.05) is 6.26 Å². The molecule has 0 aliphatic rings. The molecule has 0 saturated heterocycles. The van der Waals surface area contributed by atoms with Gasteiger partial charge in [-0.05, 0) is 6.07 Å². The highest BCUT2D eigenvalue weighted by Gasteiger charge is 2.12. The molecule has 0 aliphatic heterocycles. The fraction of sp³-hybridized carbons (Fsp3) is 0.286. The van der Waals surface area contributed by atoms with Gasteiger partial charge in [-0.2, -0.15) is 0 Å². The summed E-state index contributed by atoms with van der Waals surface area (Å²) in [6.07, 6.45) is 2.07. The van der Waals surface area contributed by atoms with Crippen LogP contribution in [-0.4, -0.2) is 25.7 Å². The maximum Gasteiger partial charge on any atom is 0.338 e. The molecule has 6 heteroatoms. The Balaban J connectivity index is 2.87. The second-order valence-electron chi connectivity index (χ2n) is 2.68. The van der Waals surface area contributed by atoms with Gasteiger partial charge >= 0.3 is 5.97 Å². The first-order chi connectivity index (χ1) is 5.88. The van der Waals surface area contributed by atoms with Crippen molar-refractivity contribution in [2.24, 2.45) is 0 Å². The number of carboxylic acid groups (broad SMARTS) is 1. The molecule has 0 aromatic carbocycles.